The van der Waals surface area contributed by atoms with Crippen LogP contribution in [-0.4, -0.2) is 0 Å². The van der Waals surface area contributed by atoms with E-state index in [1.165, 1.54) is 0 Å². The van der Waals surface area contributed by atoms with Crippen molar-refractivity contribution in [2.24, 2.45) is 5.73 Å². The standard InChI is InChI=1S/C13H20ClN/c1-3-9-13(15,10-4-2)11-7-5-6-8-12(11)14/h5-8H,3-4,9-10,15H2,1-2H3. The molecular weight excluding hydrogens is 206 g/mol. The lowest BCUT2D eigenvalue weighted by Crippen LogP contribution is -2.36. The molecule has 84 valence electrons. The third kappa shape index (κ3) is 2.96. The van der Waals surface area contributed by atoms with Crippen molar-refractivity contribution in [2.75, 3.05) is 0 Å². The van der Waals surface area contributed by atoms with Gasteiger partial charge in [-0.3, -0.25) is 0 Å². The molecule has 0 saturated heterocycles. The summed E-state index contributed by atoms with van der Waals surface area (Å²) in [6, 6.07) is 7.93. The Hall–Kier alpha value is -0.530. The number of hydrogen-bond acceptors (Lipinski definition) is 1. The third-order valence-electron chi connectivity index (χ3n) is 2.80. The van der Waals surface area contributed by atoms with E-state index in [1.807, 2.05) is 24.3 Å². The molecule has 0 aliphatic rings. The van der Waals surface area contributed by atoms with Gasteiger partial charge in [-0.25, -0.2) is 0 Å². The molecule has 0 radical (unpaired) electrons. The van der Waals surface area contributed by atoms with Gasteiger partial charge in [0.05, 0.1) is 0 Å². The van der Waals surface area contributed by atoms with E-state index in [0.29, 0.717) is 0 Å². The van der Waals surface area contributed by atoms with Gasteiger partial charge < -0.3 is 5.73 Å². The SMILES string of the molecule is CCCC(N)(CCC)c1ccccc1Cl. The average Bonchev–Trinajstić information content (AvgIpc) is 2.19. The normalized spacial score (nSPS) is 11.7. The van der Waals surface area contributed by atoms with Crippen molar-refractivity contribution in [3.8, 4) is 0 Å². The number of rotatable bonds is 5. The molecule has 1 rings (SSSR count). The molecule has 0 atom stereocenters. The molecule has 15 heavy (non-hydrogen) atoms. The van der Waals surface area contributed by atoms with Gasteiger partial charge in [0.15, 0.2) is 0 Å². The Balaban J connectivity index is 3.03. The predicted molar refractivity (Wildman–Crippen MR) is 67.1 cm³/mol. The van der Waals surface area contributed by atoms with Gasteiger partial charge >= 0.3 is 0 Å². The minimum atomic E-state index is -0.248. The highest BCUT2D eigenvalue weighted by atomic mass is 35.5. The van der Waals surface area contributed by atoms with Crippen molar-refractivity contribution in [3.05, 3.63) is 34.9 Å². The molecule has 0 unspecified atom stereocenters. The minimum absolute atomic E-state index is 0.248. The summed E-state index contributed by atoms with van der Waals surface area (Å²) in [5, 5.41) is 0.793. The molecule has 0 spiro atoms. The number of halogens is 1. The molecule has 0 aliphatic heterocycles. The van der Waals surface area contributed by atoms with E-state index >= 15 is 0 Å². The molecule has 0 aromatic heterocycles. The lowest BCUT2D eigenvalue weighted by atomic mass is 9.83. The van der Waals surface area contributed by atoms with Gasteiger partial charge in [0.2, 0.25) is 0 Å². The van der Waals surface area contributed by atoms with E-state index in [2.05, 4.69) is 13.8 Å². The summed E-state index contributed by atoms with van der Waals surface area (Å²) in [7, 11) is 0. The number of hydrogen-bond donors (Lipinski definition) is 1. The fourth-order valence-corrected chi connectivity index (χ4v) is 2.48. The van der Waals surface area contributed by atoms with Crippen molar-refractivity contribution in [2.45, 2.75) is 45.1 Å². The zero-order valence-corrected chi connectivity index (χ0v) is 10.3. The molecule has 0 aliphatic carbocycles. The van der Waals surface area contributed by atoms with Crippen LogP contribution in [0, 0.1) is 0 Å². The molecule has 0 bridgehead atoms. The highest BCUT2D eigenvalue weighted by molar-refractivity contribution is 6.31. The van der Waals surface area contributed by atoms with Crippen molar-refractivity contribution >= 4 is 11.6 Å². The van der Waals surface area contributed by atoms with Crippen LogP contribution in [0.2, 0.25) is 5.02 Å². The third-order valence-corrected chi connectivity index (χ3v) is 3.13. The van der Waals surface area contributed by atoms with Crippen molar-refractivity contribution in [3.63, 3.8) is 0 Å². The van der Waals surface area contributed by atoms with E-state index in [1.54, 1.807) is 0 Å². The van der Waals surface area contributed by atoms with Crippen LogP contribution in [0.1, 0.15) is 45.1 Å². The van der Waals surface area contributed by atoms with Crippen LogP contribution < -0.4 is 5.73 Å². The van der Waals surface area contributed by atoms with Crippen LogP contribution in [-0.2, 0) is 5.54 Å². The van der Waals surface area contributed by atoms with Crippen molar-refractivity contribution in [1.82, 2.24) is 0 Å². The largest absolute Gasteiger partial charge is 0.321 e. The Morgan fingerprint density at radius 3 is 2.13 bits per heavy atom. The first-order valence-electron chi connectivity index (χ1n) is 5.68. The van der Waals surface area contributed by atoms with E-state index in [4.69, 9.17) is 17.3 Å². The average molecular weight is 226 g/mol. The number of benzene rings is 1. The van der Waals surface area contributed by atoms with Gasteiger partial charge in [-0.15, -0.1) is 0 Å². The molecule has 0 saturated carbocycles. The maximum Gasteiger partial charge on any atom is 0.0456 e. The Labute approximate surface area is 97.6 Å². The topological polar surface area (TPSA) is 26.0 Å². The second-order valence-electron chi connectivity index (χ2n) is 4.14. The Bertz CT molecular complexity index is 303. The highest BCUT2D eigenvalue weighted by Crippen LogP contribution is 2.33. The first-order valence-corrected chi connectivity index (χ1v) is 6.05. The molecule has 1 nitrogen and oxygen atoms in total. The Morgan fingerprint density at radius 1 is 1.13 bits per heavy atom. The monoisotopic (exact) mass is 225 g/mol. The molecule has 1 aromatic carbocycles. The summed E-state index contributed by atoms with van der Waals surface area (Å²) < 4.78 is 0. The van der Waals surface area contributed by atoms with Crippen LogP contribution in [0.15, 0.2) is 24.3 Å². The highest BCUT2D eigenvalue weighted by Gasteiger charge is 2.27. The van der Waals surface area contributed by atoms with Crippen LogP contribution in [0.5, 0.6) is 0 Å². The predicted octanol–water partition coefficient (Wildman–Crippen LogP) is 4.09. The van der Waals surface area contributed by atoms with Gasteiger partial charge in [-0.05, 0) is 24.5 Å². The van der Waals surface area contributed by atoms with Gasteiger partial charge in [0.1, 0.15) is 0 Å². The van der Waals surface area contributed by atoms with Crippen LogP contribution in [0.4, 0.5) is 0 Å². The fourth-order valence-electron chi connectivity index (χ4n) is 2.15. The fraction of sp³-hybridized carbons (Fsp3) is 0.538. The summed E-state index contributed by atoms with van der Waals surface area (Å²) in [5.74, 6) is 0. The van der Waals surface area contributed by atoms with E-state index in [9.17, 15) is 0 Å². The van der Waals surface area contributed by atoms with Gasteiger partial charge in [-0.1, -0.05) is 56.5 Å². The summed E-state index contributed by atoms with van der Waals surface area (Å²) >= 11 is 6.20. The molecule has 0 fully saturated rings. The lowest BCUT2D eigenvalue weighted by Gasteiger charge is -2.30. The van der Waals surface area contributed by atoms with Gasteiger partial charge in [0, 0.05) is 10.6 Å². The second-order valence-corrected chi connectivity index (χ2v) is 4.54. The quantitative estimate of drug-likeness (QED) is 0.803. The van der Waals surface area contributed by atoms with Gasteiger partial charge in [-0.2, -0.15) is 0 Å². The van der Waals surface area contributed by atoms with E-state index in [-0.39, 0.29) is 5.54 Å². The van der Waals surface area contributed by atoms with Crippen LogP contribution in [0.3, 0.4) is 0 Å². The first kappa shape index (κ1) is 12.5. The second kappa shape index (κ2) is 5.53. The summed E-state index contributed by atoms with van der Waals surface area (Å²) in [6.45, 7) is 4.32. The maximum atomic E-state index is 6.46. The Kier molecular flexibility index (Phi) is 4.62. The molecule has 0 heterocycles. The zero-order chi connectivity index (χ0) is 11.3. The van der Waals surface area contributed by atoms with Crippen LogP contribution in [0.25, 0.3) is 0 Å². The lowest BCUT2D eigenvalue weighted by molar-refractivity contribution is 0.369. The number of nitrogens with two attached hydrogens (primary N) is 1. The summed E-state index contributed by atoms with van der Waals surface area (Å²) in [5.41, 5.74) is 7.30. The molecule has 2 N–H and O–H groups in total. The van der Waals surface area contributed by atoms with Crippen LogP contribution >= 0.6 is 11.6 Å². The van der Waals surface area contributed by atoms with E-state index < -0.39 is 0 Å². The smallest absolute Gasteiger partial charge is 0.0456 e. The maximum absolute atomic E-state index is 6.46. The molecule has 1 aromatic rings. The molecule has 2 heteroatoms. The molecular formula is C13H20ClN. The summed E-state index contributed by atoms with van der Waals surface area (Å²) in [6.07, 6.45) is 4.15. The van der Waals surface area contributed by atoms with E-state index in [0.717, 1.165) is 36.3 Å². The Morgan fingerprint density at radius 2 is 1.67 bits per heavy atom. The van der Waals surface area contributed by atoms with Crippen molar-refractivity contribution in [1.29, 1.82) is 0 Å². The summed E-state index contributed by atoms with van der Waals surface area (Å²) in [4.78, 5) is 0. The zero-order valence-electron chi connectivity index (χ0n) is 9.59. The van der Waals surface area contributed by atoms with Gasteiger partial charge in [0.25, 0.3) is 0 Å². The van der Waals surface area contributed by atoms with Crippen molar-refractivity contribution < 1.29 is 0 Å². The molecule has 0 amide bonds. The first-order chi connectivity index (χ1) is 7.14. The minimum Gasteiger partial charge on any atom is -0.321 e.